The third kappa shape index (κ3) is 5.22. The summed E-state index contributed by atoms with van der Waals surface area (Å²) >= 11 is 5.87. The van der Waals surface area contributed by atoms with Gasteiger partial charge in [-0.15, -0.1) is 0 Å². The van der Waals surface area contributed by atoms with Crippen LogP contribution in [0.1, 0.15) is 16.7 Å². The topological polar surface area (TPSA) is 47.6 Å². The van der Waals surface area contributed by atoms with Gasteiger partial charge < -0.3 is 14.8 Å². The van der Waals surface area contributed by atoms with Gasteiger partial charge >= 0.3 is 0 Å². The Morgan fingerprint density at radius 3 is 2.60 bits per heavy atom. The van der Waals surface area contributed by atoms with Crippen LogP contribution in [0, 0.1) is 0 Å². The van der Waals surface area contributed by atoms with Gasteiger partial charge in [0.2, 0.25) is 5.91 Å². The lowest BCUT2D eigenvalue weighted by molar-refractivity contribution is -0.116. The highest BCUT2D eigenvalue weighted by Crippen LogP contribution is 2.27. The van der Waals surface area contributed by atoms with E-state index in [-0.39, 0.29) is 5.91 Å². The second-order valence-electron chi connectivity index (χ2n) is 5.22. The minimum Gasteiger partial charge on any atom is -0.493 e. The molecule has 0 atom stereocenters. The first-order chi connectivity index (χ1) is 12.1. The third-order valence-electron chi connectivity index (χ3n) is 3.56. The van der Waals surface area contributed by atoms with Crippen molar-refractivity contribution >= 4 is 23.6 Å². The van der Waals surface area contributed by atoms with Gasteiger partial charge in [-0.25, -0.2) is 4.39 Å². The van der Waals surface area contributed by atoms with Crippen molar-refractivity contribution in [3.8, 4) is 11.5 Å². The van der Waals surface area contributed by atoms with Crippen LogP contribution in [0.2, 0.25) is 5.02 Å². The Bertz CT molecular complexity index is 777. The Morgan fingerprint density at radius 1 is 1.16 bits per heavy atom. The summed E-state index contributed by atoms with van der Waals surface area (Å²) in [6, 6.07) is 10.4. The molecule has 0 radical (unpaired) electrons. The summed E-state index contributed by atoms with van der Waals surface area (Å²) in [6.07, 6.45) is 3.10. The molecular weight excluding hydrogens is 345 g/mol. The predicted molar refractivity (Wildman–Crippen MR) is 96.7 cm³/mol. The van der Waals surface area contributed by atoms with E-state index in [4.69, 9.17) is 21.1 Å². The number of halogens is 2. The average Bonchev–Trinajstić information content (AvgIpc) is 2.65. The minimum atomic E-state index is -0.639. The smallest absolute Gasteiger partial charge is 0.244 e. The van der Waals surface area contributed by atoms with Crippen LogP contribution in [0.4, 0.5) is 4.39 Å². The zero-order valence-electron chi connectivity index (χ0n) is 14.0. The summed E-state index contributed by atoms with van der Waals surface area (Å²) in [7, 11) is 3.11. The molecule has 1 amide bonds. The van der Waals surface area contributed by atoms with Crippen molar-refractivity contribution in [1.82, 2.24) is 5.32 Å². The van der Waals surface area contributed by atoms with Gasteiger partial charge in [0.15, 0.2) is 11.5 Å². The molecule has 0 saturated carbocycles. The van der Waals surface area contributed by atoms with Crippen LogP contribution in [0.5, 0.6) is 11.5 Å². The number of hydrogen-bond acceptors (Lipinski definition) is 3. The van der Waals surface area contributed by atoms with Crippen molar-refractivity contribution in [2.45, 2.75) is 13.2 Å². The van der Waals surface area contributed by atoms with Crippen LogP contribution in [-0.2, 0) is 18.0 Å². The molecule has 0 fully saturated rings. The van der Waals surface area contributed by atoms with E-state index >= 15 is 0 Å². The molecule has 0 aliphatic rings. The number of alkyl halides is 1. The molecule has 2 aromatic rings. The number of ether oxygens (including phenoxy) is 2. The van der Waals surface area contributed by atoms with Gasteiger partial charge in [-0.3, -0.25) is 4.79 Å². The zero-order chi connectivity index (χ0) is 18.2. The number of rotatable bonds is 7. The molecule has 0 aliphatic heterocycles. The molecule has 1 N–H and O–H groups in total. The molecule has 132 valence electrons. The number of carbonyl (C=O) groups is 1. The van der Waals surface area contributed by atoms with Crippen molar-refractivity contribution in [1.29, 1.82) is 0 Å². The summed E-state index contributed by atoms with van der Waals surface area (Å²) in [5.41, 5.74) is 2.00. The molecule has 25 heavy (non-hydrogen) atoms. The highest BCUT2D eigenvalue weighted by atomic mass is 35.5. The Kier molecular flexibility index (Phi) is 6.83. The summed E-state index contributed by atoms with van der Waals surface area (Å²) in [6.45, 7) is -0.348. The Morgan fingerprint density at radius 2 is 1.92 bits per heavy atom. The third-order valence-corrected chi connectivity index (χ3v) is 3.92. The molecule has 0 spiro atoms. The van der Waals surface area contributed by atoms with Crippen molar-refractivity contribution in [3.63, 3.8) is 0 Å². The van der Waals surface area contributed by atoms with E-state index in [1.807, 2.05) is 6.07 Å². The Balaban J connectivity index is 1.97. The van der Waals surface area contributed by atoms with E-state index in [1.165, 1.54) is 6.08 Å². The van der Waals surface area contributed by atoms with Gasteiger partial charge in [-0.1, -0.05) is 23.7 Å². The monoisotopic (exact) mass is 363 g/mol. The van der Waals surface area contributed by atoms with Crippen molar-refractivity contribution in [2.24, 2.45) is 0 Å². The van der Waals surface area contributed by atoms with E-state index in [1.54, 1.807) is 50.6 Å². The summed E-state index contributed by atoms with van der Waals surface area (Å²) in [5, 5.41) is 3.12. The molecule has 0 aromatic heterocycles. The van der Waals surface area contributed by atoms with Crippen LogP contribution >= 0.6 is 11.6 Å². The van der Waals surface area contributed by atoms with Crippen LogP contribution in [-0.4, -0.2) is 20.1 Å². The van der Waals surface area contributed by atoms with Gasteiger partial charge in [0.05, 0.1) is 14.2 Å². The molecule has 2 aromatic carbocycles. The molecule has 6 heteroatoms. The molecule has 0 bridgehead atoms. The molecular formula is C19H19ClFNO3. The lowest BCUT2D eigenvalue weighted by atomic mass is 10.1. The van der Waals surface area contributed by atoms with Gasteiger partial charge in [0.25, 0.3) is 0 Å². The summed E-state index contributed by atoms with van der Waals surface area (Å²) < 4.78 is 23.2. The van der Waals surface area contributed by atoms with Crippen LogP contribution in [0.15, 0.2) is 42.5 Å². The fraction of sp³-hybridized carbons (Fsp3) is 0.211. The van der Waals surface area contributed by atoms with E-state index in [0.29, 0.717) is 28.6 Å². The number of hydrogen-bond donors (Lipinski definition) is 1. The predicted octanol–water partition coefficient (Wildman–Crippen LogP) is 4.16. The molecule has 0 saturated heterocycles. The van der Waals surface area contributed by atoms with Gasteiger partial charge in [-0.2, -0.15) is 0 Å². The first-order valence-electron chi connectivity index (χ1n) is 7.58. The van der Waals surface area contributed by atoms with Crippen LogP contribution < -0.4 is 14.8 Å². The molecule has 0 aliphatic carbocycles. The second-order valence-corrected chi connectivity index (χ2v) is 5.63. The maximum Gasteiger partial charge on any atom is 0.244 e. The van der Waals surface area contributed by atoms with Gasteiger partial charge in [0.1, 0.15) is 6.67 Å². The van der Waals surface area contributed by atoms with Crippen molar-refractivity contribution < 1.29 is 18.7 Å². The number of nitrogens with one attached hydrogen (secondary N) is 1. The standard InChI is InChI=1S/C19H19ClFNO3/c1-24-17-7-4-13(10-18(17)25-2)5-8-19(23)22-12-14-3-6-16(20)15(9-14)11-21/h3-10H,11-12H2,1-2H3,(H,22,23)/b8-5+. The summed E-state index contributed by atoms with van der Waals surface area (Å²) in [5.74, 6) is 0.951. The number of amides is 1. The Labute approximate surface area is 151 Å². The highest BCUT2D eigenvalue weighted by molar-refractivity contribution is 6.31. The quantitative estimate of drug-likeness (QED) is 0.751. The van der Waals surface area contributed by atoms with Crippen LogP contribution in [0.3, 0.4) is 0 Å². The van der Waals surface area contributed by atoms with E-state index < -0.39 is 6.67 Å². The molecule has 0 heterocycles. The first-order valence-corrected chi connectivity index (χ1v) is 7.96. The molecule has 2 rings (SSSR count). The molecule has 4 nitrogen and oxygen atoms in total. The molecule has 0 unspecified atom stereocenters. The fourth-order valence-corrected chi connectivity index (χ4v) is 2.39. The van der Waals surface area contributed by atoms with Gasteiger partial charge in [-0.05, 0) is 41.5 Å². The Hall–Kier alpha value is -2.53. The lowest BCUT2D eigenvalue weighted by Crippen LogP contribution is -2.20. The van der Waals surface area contributed by atoms with Gasteiger partial charge in [0, 0.05) is 23.2 Å². The SMILES string of the molecule is COc1ccc(/C=C/C(=O)NCc2ccc(Cl)c(CF)c2)cc1OC. The van der Waals surface area contributed by atoms with E-state index in [0.717, 1.165) is 11.1 Å². The maximum absolute atomic E-state index is 12.8. The fourth-order valence-electron chi connectivity index (χ4n) is 2.22. The van der Waals surface area contributed by atoms with E-state index in [9.17, 15) is 9.18 Å². The lowest BCUT2D eigenvalue weighted by Gasteiger charge is -2.08. The number of methoxy groups -OCH3 is 2. The van der Waals surface area contributed by atoms with Crippen LogP contribution in [0.25, 0.3) is 6.08 Å². The van der Waals surface area contributed by atoms with Crippen molar-refractivity contribution in [3.05, 3.63) is 64.2 Å². The normalized spacial score (nSPS) is 10.7. The second kappa shape index (κ2) is 9.08. The zero-order valence-corrected chi connectivity index (χ0v) is 14.8. The maximum atomic E-state index is 12.8. The number of benzene rings is 2. The highest BCUT2D eigenvalue weighted by Gasteiger charge is 2.04. The first kappa shape index (κ1) is 18.8. The van der Waals surface area contributed by atoms with Crippen molar-refractivity contribution in [2.75, 3.05) is 14.2 Å². The van der Waals surface area contributed by atoms with E-state index in [2.05, 4.69) is 5.32 Å². The summed E-state index contributed by atoms with van der Waals surface area (Å²) in [4.78, 5) is 11.9. The average molecular weight is 364 g/mol. The minimum absolute atomic E-state index is 0.258. The number of carbonyl (C=O) groups excluding carboxylic acids is 1. The largest absolute Gasteiger partial charge is 0.493 e.